The van der Waals surface area contributed by atoms with Crippen molar-refractivity contribution in [1.82, 2.24) is 19.2 Å². The number of amides is 1. The first-order valence-corrected chi connectivity index (χ1v) is 11.7. The maximum Gasteiger partial charge on any atom is 0.275 e. The summed E-state index contributed by atoms with van der Waals surface area (Å²) in [5.41, 5.74) is 2.58. The number of benzene rings is 1. The summed E-state index contributed by atoms with van der Waals surface area (Å²) in [4.78, 5) is 27.7. The fraction of sp³-hybridized carbons (Fsp3) is 0.520. The Bertz CT molecular complexity index is 1080. The van der Waals surface area contributed by atoms with Crippen LogP contribution in [0, 0.1) is 0 Å². The van der Waals surface area contributed by atoms with Crippen molar-refractivity contribution >= 4 is 22.5 Å². The maximum absolute atomic E-state index is 12.9. The summed E-state index contributed by atoms with van der Waals surface area (Å²) in [6, 6.07) is 12.4. The van der Waals surface area contributed by atoms with Crippen molar-refractivity contribution < 1.29 is 4.79 Å². The summed E-state index contributed by atoms with van der Waals surface area (Å²) < 4.78 is 3.74. The number of nitrogens with zero attached hydrogens (tertiary/aromatic N) is 3. The molecule has 3 aromatic rings. The molecule has 6 nitrogen and oxygen atoms in total. The summed E-state index contributed by atoms with van der Waals surface area (Å²) in [6.07, 6.45) is 10.7. The molecular weight excluding hydrogens is 388 g/mol. The Hall–Kier alpha value is -2.60. The van der Waals surface area contributed by atoms with Gasteiger partial charge < -0.3 is 19.2 Å². The molecule has 0 aliphatic heterocycles. The number of fused-ring (bicyclic) bond motifs is 3. The van der Waals surface area contributed by atoms with E-state index in [1.165, 1.54) is 32.1 Å². The van der Waals surface area contributed by atoms with Gasteiger partial charge in [-0.25, -0.2) is 0 Å². The van der Waals surface area contributed by atoms with Crippen molar-refractivity contribution in [2.45, 2.75) is 64.0 Å². The monoisotopic (exact) mass is 422 g/mol. The zero-order valence-corrected chi connectivity index (χ0v) is 18.6. The molecule has 0 radical (unpaired) electrons. The van der Waals surface area contributed by atoms with E-state index in [0.29, 0.717) is 24.9 Å². The minimum absolute atomic E-state index is 0.00476. The van der Waals surface area contributed by atoms with Crippen molar-refractivity contribution in [2.75, 3.05) is 20.1 Å². The summed E-state index contributed by atoms with van der Waals surface area (Å²) >= 11 is 0. The van der Waals surface area contributed by atoms with Gasteiger partial charge in [-0.3, -0.25) is 9.59 Å². The van der Waals surface area contributed by atoms with E-state index >= 15 is 0 Å². The molecule has 2 heterocycles. The first kappa shape index (κ1) is 21.6. The number of nitrogens with one attached hydrogen (secondary N) is 1. The van der Waals surface area contributed by atoms with Gasteiger partial charge in [0.15, 0.2) is 0 Å². The second-order valence-corrected chi connectivity index (χ2v) is 8.79. The average molecular weight is 423 g/mol. The van der Waals surface area contributed by atoms with Crippen LogP contribution in [0.1, 0.15) is 51.4 Å². The second-order valence-electron chi connectivity index (χ2n) is 8.79. The minimum atomic E-state index is -0.00476. The van der Waals surface area contributed by atoms with Crippen LogP contribution in [0.4, 0.5) is 0 Å². The van der Waals surface area contributed by atoms with Gasteiger partial charge in [0.25, 0.3) is 5.56 Å². The number of carbonyl (C=O) groups excluding carboxylic acids is 1. The molecular formula is C25H34N4O2. The van der Waals surface area contributed by atoms with Crippen molar-refractivity contribution in [2.24, 2.45) is 0 Å². The van der Waals surface area contributed by atoms with Crippen molar-refractivity contribution in [3.63, 3.8) is 0 Å². The van der Waals surface area contributed by atoms with Crippen molar-refractivity contribution in [3.05, 3.63) is 52.9 Å². The Kier molecular flexibility index (Phi) is 7.07. The Balaban J connectivity index is 1.25. The molecule has 1 aromatic carbocycles. The molecule has 1 aliphatic rings. The minimum Gasteiger partial charge on any atom is -0.356 e. The first-order valence-electron chi connectivity index (χ1n) is 11.7. The molecule has 0 saturated heterocycles. The number of carbonyl (C=O) groups is 1. The molecule has 0 spiro atoms. The van der Waals surface area contributed by atoms with E-state index in [4.69, 9.17) is 0 Å². The second kappa shape index (κ2) is 10.1. The normalized spacial score (nSPS) is 15.2. The van der Waals surface area contributed by atoms with E-state index in [-0.39, 0.29) is 11.5 Å². The number of hydrogen-bond acceptors (Lipinski definition) is 3. The largest absolute Gasteiger partial charge is 0.356 e. The van der Waals surface area contributed by atoms with Gasteiger partial charge in [0, 0.05) is 31.7 Å². The Morgan fingerprint density at radius 1 is 1.03 bits per heavy atom. The first-order chi connectivity index (χ1) is 15.1. The van der Waals surface area contributed by atoms with Crippen LogP contribution in [0.3, 0.4) is 0 Å². The standard InChI is InChI=1S/C25H34N4O2/c1-27(20-10-3-2-4-11-20)17-9-16-26-24(30)15-8-19-29-22-13-6-5-12-21(22)28-18-7-14-23(28)25(29)31/h5-7,12-14,18,20H,2-4,8-11,15-17,19H2,1H3,(H,26,30). The molecule has 1 fully saturated rings. The van der Waals surface area contributed by atoms with Crippen molar-refractivity contribution in [3.8, 4) is 0 Å². The Morgan fingerprint density at radius 3 is 2.58 bits per heavy atom. The van der Waals surface area contributed by atoms with Gasteiger partial charge in [0.1, 0.15) is 5.52 Å². The number of aromatic nitrogens is 2. The highest BCUT2D eigenvalue weighted by Crippen LogP contribution is 2.21. The number of aryl methyl sites for hydroxylation is 1. The maximum atomic E-state index is 12.9. The van der Waals surface area contributed by atoms with Gasteiger partial charge in [0.05, 0.1) is 11.0 Å². The third-order valence-electron chi connectivity index (χ3n) is 6.64. The summed E-state index contributed by atoms with van der Waals surface area (Å²) in [5, 5.41) is 3.05. The third-order valence-corrected chi connectivity index (χ3v) is 6.64. The molecule has 1 amide bonds. The molecule has 166 valence electrons. The molecule has 2 aromatic heterocycles. The van der Waals surface area contributed by atoms with E-state index in [9.17, 15) is 9.59 Å². The molecule has 1 aliphatic carbocycles. The van der Waals surface area contributed by atoms with Crippen LogP contribution in [-0.4, -0.2) is 46.0 Å². The van der Waals surface area contributed by atoms with Crippen LogP contribution in [0.5, 0.6) is 0 Å². The van der Waals surface area contributed by atoms with E-state index in [1.54, 1.807) is 4.57 Å². The van der Waals surface area contributed by atoms with Gasteiger partial charge in [-0.2, -0.15) is 0 Å². The number of hydrogen-bond donors (Lipinski definition) is 1. The predicted molar refractivity (Wildman–Crippen MR) is 126 cm³/mol. The van der Waals surface area contributed by atoms with Crippen LogP contribution in [0.25, 0.3) is 16.6 Å². The molecule has 31 heavy (non-hydrogen) atoms. The fourth-order valence-electron chi connectivity index (χ4n) is 4.88. The predicted octanol–water partition coefficient (Wildman–Crippen LogP) is 3.81. The SMILES string of the molecule is CN(CCCNC(=O)CCCn1c(=O)c2cccn2c2ccccc21)C1CCCCC1. The molecule has 0 bridgehead atoms. The Labute approximate surface area is 183 Å². The summed E-state index contributed by atoms with van der Waals surface area (Å²) in [5.74, 6) is 0.0708. The molecule has 6 heteroatoms. The lowest BCUT2D eigenvalue weighted by atomic mass is 9.94. The zero-order chi connectivity index (χ0) is 21.6. The van der Waals surface area contributed by atoms with Gasteiger partial charge in [-0.15, -0.1) is 0 Å². The van der Waals surface area contributed by atoms with Gasteiger partial charge >= 0.3 is 0 Å². The van der Waals surface area contributed by atoms with Crippen LogP contribution in [-0.2, 0) is 11.3 Å². The lowest BCUT2D eigenvalue weighted by Crippen LogP contribution is -2.35. The van der Waals surface area contributed by atoms with Crippen LogP contribution in [0.15, 0.2) is 47.4 Å². The van der Waals surface area contributed by atoms with Crippen LogP contribution in [0.2, 0.25) is 0 Å². The van der Waals surface area contributed by atoms with E-state index in [0.717, 1.165) is 36.6 Å². The summed E-state index contributed by atoms with van der Waals surface area (Å²) in [7, 11) is 2.21. The van der Waals surface area contributed by atoms with Gasteiger partial charge in [-0.05, 0) is 63.5 Å². The smallest absolute Gasteiger partial charge is 0.275 e. The average Bonchev–Trinajstić information content (AvgIpc) is 3.30. The number of rotatable bonds is 9. The highest BCUT2D eigenvalue weighted by atomic mass is 16.1. The van der Waals surface area contributed by atoms with E-state index in [1.807, 2.05) is 47.0 Å². The van der Waals surface area contributed by atoms with E-state index in [2.05, 4.69) is 17.3 Å². The van der Waals surface area contributed by atoms with Crippen molar-refractivity contribution in [1.29, 1.82) is 0 Å². The molecule has 4 rings (SSSR count). The lowest BCUT2D eigenvalue weighted by Gasteiger charge is -2.31. The lowest BCUT2D eigenvalue weighted by molar-refractivity contribution is -0.121. The number of para-hydroxylation sites is 2. The highest BCUT2D eigenvalue weighted by Gasteiger charge is 2.17. The molecule has 1 saturated carbocycles. The molecule has 0 unspecified atom stereocenters. The summed E-state index contributed by atoms with van der Waals surface area (Å²) in [6.45, 7) is 2.29. The van der Waals surface area contributed by atoms with Crippen LogP contribution < -0.4 is 10.9 Å². The Morgan fingerprint density at radius 2 is 1.77 bits per heavy atom. The molecule has 1 N–H and O–H groups in total. The van der Waals surface area contributed by atoms with Gasteiger partial charge in [0.2, 0.25) is 5.91 Å². The topological polar surface area (TPSA) is 58.8 Å². The quantitative estimate of drug-likeness (QED) is 0.534. The highest BCUT2D eigenvalue weighted by molar-refractivity contribution is 5.79. The zero-order valence-electron chi connectivity index (χ0n) is 18.6. The fourth-order valence-corrected chi connectivity index (χ4v) is 4.88. The van der Waals surface area contributed by atoms with Gasteiger partial charge in [-0.1, -0.05) is 31.4 Å². The van der Waals surface area contributed by atoms with Crippen LogP contribution >= 0.6 is 0 Å². The third kappa shape index (κ3) is 5.01. The molecule has 0 atom stereocenters. The van der Waals surface area contributed by atoms with E-state index < -0.39 is 0 Å².